The zero-order valence-electron chi connectivity index (χ0n) is 13.1. The largest absolute Gasteiger partial charge is 0.434 e. The number of aromatic nitrogens is 5. The molecule has 1 aliphatic heterocycles. The molecule has 0 aliphatic carbocycles. The number of rotatable bonds is 3. The van der Waals surface area contributed by atoms with E-state index in [1.54, 1.807) is 13.4 Å². The third-order valence-corrected chi connectivity index (χ3v) is 4.24. The van der Waals surface area contributed by atoms with Gasteiger partial charge in [-0.15, -0.1) is 10.2 Å². The molecular formula is C14H19F3N6. The van der Waals surface area contributed by atoms with E-state index in [0.29, 0.717) is 18.9 Å². The lowest BCUT2D eigenvalue weighted by molar-refractivity contribution is -0.141. The highest BCUT2D eigenvalue weighted by Gasteiger charge is 2.36. The molecule has 23 heavy (non-hydrogen) atoms. The standard InChI is InChI=1S/C14H19F3N6/c1-21-7-11(14(15,16)17)19-13(21)10-4-3-5-23(6-10)8-12-20-18-9-22(12)2/h7,9-10H,3-6,8H2,1-2H3/t10-/m0/s1. The van der Waals surface area contributed by atoms with Gasteiger partial charge in [-0.3, -0.25) is 4.90 Å². The van der Waals surface area contributed by atoms with Crippen LogP contribution in [0.15, 0.2) is 12.5 Å². The van der Waals surface area contributed by atoms with Crippen LogP contribution in [0.25, 0.3) is 0 Å². The highest BCUT2D eigenvalue weighted by atomic mass is 19.4. The summed E-state index contributed by atoms with van der Waals surface area (Å²) in [5.41, 5.74) is -0.819. The molecule has 1 saturated heterocycles. The molecule has 3 rings (SSSR count). The number of nitrogens with zero attached hydrogens (tertiary/aromatic N) is 6. The van der Waals surface area contributed by atoms with Crippen LogP contribution in [0.4, 0.5) is 13.2 Å². The maximum atomic E-state index is 12.8. The van der Waals surface area contributed by atoms with E-state index in [2.05, 4.69) is 20.1 Å². The van der Waals surface area contributed by atoms with Crippen molar-refractivity contribution in [2.75, 3.05) is 13.1 Å². The molecule has 0 N–H and O–H groups in total. The lowest BCUT2D eigenvalue weighted by Crippen LogP contribution is -2.35. The highest BCUT2D eigenvalue weighted by Crippen LogP contribution is 2.32. The van der Waals surface area contributed by atoms with E-state index >= 15 is 0 Å². The fourth-order valence-electron chi connectivity index (χ4n) is 3.06. The minimum absolute atomic E-state index is 0.00178. The molecule has 3 heterocycles. The van der Waals surface area contributed by atoms with Gasteiger partial charge in [-0.2, -0.15) is 13.2 Å². The Balaban J connectivity index is 1.74. The second-order valence-corrected chi connectivity index (χ2v) is 6.03. The van der Waals surface area contributed by atoms with E-state index in [9.17, 15) is 13.2 Å². The third kappa shape index (κ3) is 3.39. The van der Waals surface area contributed by atoms with Crippen molar-refractivity contribution in [2.45, 2.75) is 31.5 Å². The van der Waals surface area contributed by atoms with Gasteiger partial charge in [0.25, 0.3) is 0 Å². The van der Waals surface area contributed by atoms with E-state index < -0.39 is 11.9 Å². The van der Waals surface area contributed by atoms with Crippen LogP contribution in [-0.4, -0.2) is 42.3 Å². The van der Waals surface area contributed by atoms with Crippen molar-refractivity contribution in [3.63, 3.8) is 0 Å². The van der Waals surface area contributed by atoms with Crippen molar-refractivity contribution in [1.29, 1.82) is 0 Å². The maximum absolute atomic E-state index is 12.8. The Morgan fingerprint density at radius 1 is 1.26 bits per heavy atom. The average Bonchev–Trinajstić information content (AvgIpc) is 3.06. The number of piperidine rings is 1. The van der Waals surface area contributed by atoms with Crippen molar-refractivity contribution in [2.24, 2.45) is 14.1 Å². The number of halogens is 3. The second kappa shape index (κ2) is 5.95. The first-order valence-electron chi connectivity index (χ1n) is 7.50. The molecule has 1 aliphatic rings. The SMILES string of the molecule is Cn1cnnc1CN1CCC[C@H](c2nc(C(F)(F)F)cn2C)C1. The fraction of sp³-hybridized carbons (Fsp3) is 0.643. The van der Waals surface area contributed by atoms with Gasteiger partial charge < -0.3 is 9.13 Å². The zero-order chi connectivity index (χ0) is 16.6. The topological polar surface area (TPSA) is 51.8 Å². The normalized spacial score (nSPS) is 20.1. The summed E-state index contributed by atoms with van der Waals surface area (Å²) in [5.74, 6) is 1.35. The van der Waals surface area contributed by atoms with Crippen molar-refractivity contribution in [3.8, 4) is 0 Å². The van der Waals surface area contributed by atoms with E-state index in [1.165, 1.54) is 4.57 Å². The van der Waals surface area contributed by atoms with Crippen LogP contribution in [0.2, 0.25) is 0 Å². The Labute approximate surface area is 131 Å². The Morgan fingerprint density at radius 2 is 2.04 bits per heavy atom. The number of aryl methyl sites for hydroxylation is 2. The number of alkyl halides is 3. The van der Waals surface area contributed by atoms with Gasteiger partial charge in [0.2, 0.25) is 0 Å². The fourth-order valence-corrected chi connectivity index (χ4v) is 3.06. The minimum Gasteiger partial charge on any atom is -0.337 e. The predicted molar refractivity (Wildman–Crippen MR) is 76.5 cm³/mol. The Hall–Kier alpha value is -1.90. The molecule has 0 spiro atoms. The highest BCUT2D eigenvalue weighted by molar-refractivity contribution is 5.12. The van der Waals surface area contributed by atoms with E-state index in [0.717, 1.165) is 31.4 Å². The van der Waals surface area contributed by atoms with Crippen molar-refractivity contribution in [1.82, 2.24) is 29.2 Å². The molecule has 0 unspecified atom stereocenters. The third-order valence-electron chi connectivity index (χ3n) is 4.24. The molecule has 0 amide bonds. The summed E-state index contributed by atoms with van der Waals surface area (Å²) < 4.78 is 41.8. The number of hydrogen-bond donors (Lipinski definition) is 0. The average molecular weight is 328 g/mol. The predicted octanol–water partition coefficient (Wildman–Crippen LogP) is 1.95. The quantitative estimate of drug-likeness (QED) is 0.864. The molecule has 0 bridgehead atoms. The van der Waals surface area contributed by atoms with Crippen LogP contribution in [-0.2, 0) is 26.8 Å². The smallest absolute Gasteiger partial charge is 0.337 e. The van der Waals surface area contributed by atoms with Gasteiger partial charge in [0.05, 0.1) is 6.54 Å². The summed E-state index contributed by atoms with van der Waals surface area (Å²) in [6.07, 6.45) is 0.0826. The van der Waals surface area contributed by atoms with Crippen LogP contribution >= 0.6 is 0 Å². The van der Waals surface area contributed by atoms with Gasteiger partial charge >= 0.3 is 6.18 Å². The van der Waals surface area contributed by atoms with Crippen molar-refractivity contribution in [3.05, 3.63) is 29.9 Å². The number of likely N-dealkylation sites (tertiary alicyclic amines) is 1. The Morgan fingerprint density at radius 3 is 2.65 bits per heavy atom. The molecule has 1 atom stereocenters. The summed E-state index contributed by atoms with van der Waals surface area (Å²) in [5, 5.41) is 7.92. The molecule has 2 aromatic rings. The van der Waals surface area contributed by atoms with Gasteiger partial charge in [0, 0.05) is 32.8 Å². The number of imidazole rings is 1. The molecule has 0 radical (unpaired) electrons. The van der Waals surface area contributed by atoms with E-state index in [-0.39, 0.29) is 5.92 Å². The van der Waals surface area contributed by atoms with E-state index in [1.807, 2.05) is 11.6 Å². The maximum Gasteiger partial charge on any atom is 0.434 e. The van der Waals surface area contributed by atoms with Gasteiger partial charge in [0.15, 0.2) is 5.69 Å². The minimum atomic E-state index is -4.40. The lowest BCUT2D eigenvalue weighted by atomic mass is 9.97. The van der Waals surface area contributed by atoms with Crippen LogP contribution in [0.5, 0.6) is 0 Å². The summed E-state index contributed by atoms with van der Waals surface area (Å²) in [6.45, 7) is 2.22. The van der Waals surface area contributed by atoms with Gasteiger partial charge in [-0.05, 0) is 19.4 Å². The first kappa shape index (κ1) is 16.0. The van der Waals surface area contributed by atoms with Gasteiger partial charge in [0.1, 0.15) is 18.0 Å². The van der Waals surface area contributed by atoms with Crippen molar-refractivity contribution >= 4 is 0 Å². The summed E-state index contributed by atoms with van der Waals surface area (Å²) >= 11 is 0. The molecule has 0 saturated carbocycles. The first-order valence-corrected chi connectivity index (χ1v) is 7.50. The molecular weight excluding hydrogens is 309 g/mol. The molecule has 9 heteroatoms. The Bertz CT molecular complexity index is 674. The van der Waals surface area contributed by atoms with Gasteiger partial charge in [-0.25, -0.2) is 4.98 Å². The first-order chi connectivity index (χ1) is 10.8. The number of hydrogen-bond acceptors (Lipinski definition) is 4. The van der Waals surface area contributed by atoms with Crippen molar-refractivity contribution < 1.29 is 13.2 Å². The molecule has 6 nitrogen and oxygen atoms in total. The molecule has 1 fully saturated rings. The van der Waals surface area contributed by atoms with Crippen LogP contribution in [0, 0.1) is 0 Å². The zero-order valence-corrected chi connectivity index (χ0v) is 13.1. The summed E-state index contributed by atoms with van der Waals surface area (Å²) in [7, 11) is 3.50. The molecule has 2 aromatic heterocycles. The Kier molecular flexibility index (Phi) is 4.13. The van der Waals surface area contributed by atoms with Crippen LogP contribution in [0.1, 0.15) is 36.1 Å². The van der Waals surface area contributed by atoms with Crippen LogP contribution in [0.3, 0.4) is 0 Å². The van der Waals surface area contributed by atoms with Gasteiger partial charge in [-0.1, -0.05) is 0 Å². The lowest BCUT2D eigenvalue weighted by Gasteiger charge is -2.31. The summed E-state index contributed by atoms with van der Waals surface area (Å²) in [6, 6.07) is 0. The monoisotopic (exact) mass is 328 g/mol. The molecule has 126 valence electrons. The molecule has 0 aromatic carbocycles. The van der Waals surface area contributed by atoms with Crippen LogP contribution < -0.4 is 0 Å². The summed E-state index contributed by atoms with van der Waals surface area (Å²) in [4.78, 5) is 6.03. The second-order valence-electron chi connectivity index (χ2n) is 6.03. The van der Waals surface area contributed by atoms with E-state index in [4.69, 9.17) is 0 Å².